The van der Waals surface area contributed by atoms with Gasteiger partial charge in [-0.15, -0.1) is 0 Å². The summed E-state index contributed by atoms with van der Waals surface area (Å²) in [5.74, 6) is 0.530. The molecule has 2 saturated carbocycles. The zero-order chi connectivity index (χ0) is 14.3. The van der Waals surface area contributed by atoms with Crippen LogP contribution in [0, 0.1) is 5.92 Å². The van der Waals surface area contributed by atoms with E-state index < -0.39 is 11.7 Å². The quantitative estimate of drug-likeness (QED) is 0.764. The van der Waals surface area contributed by atoms with Gasteiger partial charge in [-0.3, -0.25) is 4.79 Å². The molecule has 0 heterocycles. The Morgan fingerprint density at radius 3 is 2.40 bits per heavy atom. The monoisotopic (exact) mass is 283 g/mol. The normalized spacial score (nSPS) is 18.9. The lowest BCUT2D eigenvalue weighted by Crippen LogP contribution is -2.30. The van der Waals surface area contributed by atoms with E-state index >= 15 is 0 Å². The molecule has 0 atom stereocenters. The van der Waals surface area contributed by atoms with Crippen molar-refractivity contribution in [2.45, 2.75) is 37.9 Å². The van der Waals surface area contributed by atoms with Gasteiger partial charge in [-0.05, 0) is 49.8 Å². The van der Waals surface area contributed by atoms with Crippen LogP contribution >= 0.6 is 0 Å². The highest BCUT2D eigenvalue weighted by atomic mass is 19.4. The number of alkyl halides is 3. The van der Waals surface area contributed by atoms with E-state index in [9.17, 15) is 18.0 Å². The molecule has 108 valence electrons. The van der Waals surface area contributed by atoms with Gasteiger partial charge in [0.05, 0.1) is 5.56 Å². The van der Waals surface area contributed by atoms with Crippen molar-refractivity contribution >= 4 is 12.0 Å². The Hall–Kier alpha value is -1.52. The van der Waals surface area contributed by atoms with E-state index in [1.54, 1.807) is 0 Å². The molecule has 0 spiro atoms. The molecule has 0 saturated heterocycles. The summed E-state index contributed by atoms with van der Waals surface area (Å²) >= 11 is 0. The minimum atomic E-state index is -4.43. The number of carbonyl (C=O) groups is 1. The molecule has 0 aliphatic heterocycles. The smallest absolute Gasteiger partial charge is 0.368 e. The van der Waals surface area contributed by atoms with Crippen LogP contribution in [0.1, 0.15) is 41.6 Å². The summed E-state index contributed by atoms with van der Waals surface area (Å²) in [4.78, 5) is 12.6. The highest BCUT2D eigenvalue weighted by Crippen LogP contribution is 2.43. The van der Waals surface area contributed by atoms with Crippen molar-refractivity contribution in [2.24, 2.45) is 5.92 Å². The van der Waals surface area contributed by atoms with Crippen molar-refractivity contribution in [2.75, 3.05) is 11.4 Å². The first-order valence-electron chi connectivity index (χ1n) is 6.92. The summed E-state index contributed by atoms with van der Waals surface area (Å²) < 4.78 is 39.7. The van der Waals surface area contributed by atoms with Crippen LogP contribution in [0.4, 0.5) is 18.9 Å². The van der Waals surface area contributed by atoms with E-state index in [4.69, 9.17) is 0 Å². The van der Waals surface area contributed by atoms with Crippen LogP contribution in [0.3, 0.4) is 0 Å². The molecule has 2 aliphatic rings. The Balaban J connectivity index is 1.98. The number of hydrogen-bond donors (Lipinski definition) is 0. The molecule has 1 aromatic rings. The molecule has 2 nitrogen and oxygen atoms in total. The van der Waals surface area contributed by atoms with Crippen molar-refractivity contribution in [1.82, 2.24) is 0 Å². The summed E-state index contributed by atoms with van der Waals surface area (Å²) in [5, 5.41) is 0. The van der Waals surface area contributed by atoms with Gasteiger partial charge < -0.3 is 4.90 Å². The number of benzene rings is 1. The molecule has 0 radical (unpaired) electrons. The third-order valence-electron chi connectivity index (χ3n) is 3.91. The van der Waals surface area contributed by atoms with Crippen LogP contribution < -0.4 is 4.90 Å². The number of aldehydes is 1. The molecular weight excluding hydrogens is 267 g/mol. The zero-order valence-electron chi connectivity index (χ0n) is 11.0. The van der Waals surface area contributed by atoms with Gasteiger partial charge in [0.25, 0.3) is 0 Å². The fraction of sp³-hybridized carbons (Fsp3) is 0.533. The predicted octanol–water partition coefficient (Wildman–Crippen LogP) is 3.90. The molecule has 2 fully saturated rings. The largest absolute Gasteiger partial charge is 0.418 e. The maximum absolute atomic E-state index is 13.2. The Bertz CT molecular complexity index is 518. The minimum absolute atomic E-state index is 0.0724. The lowest BCUT2D eigenvalue weighted by atomic mass is 10.1. The summed E-state index contributed by atoms with van der Waals surface area (Å²) in [5.41, 5.74) is -0.379. The lowest BCUT2D eigenvalue weighted by Gasteiger charge is -2.28. The van der Waals surface area contributed by atoms with Crippen LogP contribution in [0.5, 0.6) is 0 Å². The minimum Gasteiger partial charge on any atom is -0.368 e. The van der Waals surface area contributed by atoms with E-state index in [0.717, 1.165) is 31.7 Å². The fourth-order valence-electron chi connectivity index (χ4n) is 2.51. The van der Waals surface area contributed by atoms with Crippen LogP contribution in [0.15, 0.2) is 18.2 Å². The molecule has 2 aliphatic carbocycles. The SMILES string of the molecule is O=Cc1ccc(N(CC2CC2)C2CC2)c(C(F)(F)F)c1. The number of carbonyl (C=O) groups excluding carboxylic acids is 1. The maximum Gasteiger partial charge on any atom is 0.418 e. The summed E-state index contributed by atoms with van der Waals surface area (Å²) in [7, 11) is 0. The van der Waals surface area contributed by atoms with Gasteiger partial charge in [0.2, 0.25) is 0 Å². The van der Waals surface area contributed by atoms with E-state index in [1.165, 1.54) is 12.1 Å². The van der Waals surface area contributed by atoms with Gasteiger partial charge in [-0.2, -0.15) is 13.2 Å². The third-order valence-corrected chi connectivity index (χ3v) is 3.91. The van der Waals surface area contributed by atoms with E-state index in [1.807, 2.05) is 4.90 Å². The molecule has 20 heavy (non-hydrogen) atoms. The van der Waals surface area contributed by atoms with E-state index in [2.05, 4.69) is 0 Å². The van der Waals surface area contributed by atoms with Crippen molar-refractivity contribution in [3.63, 3.8) is 0 Å². The number of hydrogen-bond acceptors (Lipinski definition) is 2. The second-order valence-corrected chi connectivity index (χ2v) is 5.72. The number of nitrogens with zero attached hydrogens (tertiary/aromatic N) is 1. The predicted molar refractivity (Wildman–Crippen MR) is 69.9 cm³/mol. The third kappa shape index (κ3) is 2.81. The molecule has 0 bridgehead atoms. The molecule has 0 aromatic heterocycles. The Morgan fingerprint density at radius 2 is 1.90 bits per heavy atom. The fourth-order valence-corrected chi connectivity index (χ4v) is 2.51. The molecule has 0 amide bonds. The molecular formula is C15H16F3NO. The summed E-state index contributed by atoms with van der Waals surface area (Å²) in [6.07, 6.45) is 0.166. The van der Waals surface area contributed by atoms with Crippen LogP contribution in [-0.2, 0) is 6.18 Å². The van der Waals surface area contributed by atoms with Crippen molar-refractivity contribution < 1.29 is 18.0 Å². The highest BCUT2D eigenvalue weighted by Gasteiger charge is 2.40. The molecule has 0 N–H and O–H groups in total. The average Bonchev–Trinajstić information content (AvgIpc) is 3.26. The first kappa shape index (κ1) is 13.5. The van der Waals surface area contributed by atoms with Crippen molar-refractivity contribution in [3.8, 4) is 0 Å². The first-order chi connectivity index (χ1) is 9.49. The van der Waals surface area contributed by atoms with Gasteiger partial charge in [-0.1, -0.05) is 0 Å². The summed E-state index contributed by atoms with van der Waals surface area (Å²) in [6.45, 7) is 0.703. The van der Waals surface area contributed by atoms with E-state index in [-0.39, 0.29) is 17.3 Å². The Morgan fingerprint density at radius 1 is 1.20 bits per heavy atom. The zero-order valence-corrected chi connectivity index (χ0v) is 11.0. The standard InChI is InChI=1S/C15H16F3NO/c16-15(17,18)13-7-11(9-20)3-6-14(13)19(12-4-5-12)8-10-1-2-10/h3,6-7,9-10,12H,1-2,4-5,8H2. The molecule has 0 unspecified atom stereocenters. The van der Waals surface area contributed by atoms with Crippen LogP contribution in [0.2, 0.25) is 0 Å². The van der Waals surface area contributed by atoms with Gasteiger partial charge >= 0.3 is 6.18 Å². The molecule has 3 rings (SSSR count). The van der Waals surface area contributed by atoms with Gasteiger partial charge in [0.15, 0.2) is 0 Å². The van der Waals surface area contributed by atoms with Crippen LogP contribution in [-0.4, -0.2) is 18.9 Å². The van der Waals surface area contributed by atoms with Gasteiger partial charge in [0, 0.05) is 23.8 Å². The number of rotatable bonds is 5. The first-order valence-corrected chi connectivity index (χ1v) is 6.92. The van der Waals surface area contributed by atoms with E-state index in [0.29, 0.717) is 18.7 Å². The second-order valence-electron chi connectivity index (χ2n) is 5.72. The highest BCUT2D eigenvalue weighted by molar-refractivity contribution is 5.77. The van der Waals surface area contributed by atoms with Gasteiger partial charge in [-0.25, -0.2) is 0 Å². The maximum atomic E-state index is 13.2. The Labute approximate surface area is 115 Å². The second kappa shape index (κ2) is 4.79. The average molecular weight is 283 g/mol. The van der Waals surface area contributed by atoms with Gasteiger partial charge in [0.1, 0.15) is 6.29 Å². The summed E-state index contributed by atoms with van der Waals surface area (Å²) in [6, 6.07) is 4.12. The lowest BCUT2D eigenvalue weighted by molar-refractivity contribution is -0.137. The van der Waals surface area contributed by atoms with Crippen LogP contribution in [0.25, 0.3) is 0 Å². The topological polar surface area (TPSA) is 20.3 Å². The Kier molecular flexibility index (Phi) is 3.22. The molecule has 1 aromatic carbocycles. The number of anilines is 1. The number of halogens is 3. The van der Waals surface area contributed by atoms with Crippen molar-refractivity contribution in [1.29, 1.82) is 0 Å². The molecule has 5 heteroatoms. The van der Waals surface area contributed by atoms with Crippen molar-refractivity contribution in [3.05, 3.63) is 29.3 Å².